The van der Waals surface area contributed by atoms with Gasteiger partial charge >= 0.3 is 0 Å². The Morgan fingerprint density at radius 1 is 1.19 bits per heavy atom. The quantitative estimate of drug-likeness (QED) is 0.729. The molecule has 2 bridgehead atoms. The van der Waals surface area contributed by atoms with Crippen LogP contribution in [0.3, 0.4) is 0 Å². The van der Waals surface area contributed by atoms with Crippen molar-refractivity contribution in [1.82, 2.24) is 5.32 Å². The Balaban J connectivity index is 2.11. The summed E-state index contributed by atoms with van der Waals surface area (Å²) in [7, 11) is 0. The Hall–Kier alpha value is -1.15. The molecular formula is C14H17NO. The van der Waals surface area contributed by atoms with Crippen molar-refractivity contribution in [3.63, 3.8) is 0 Å². The average molecular weight is 215 g/mol. The van der Waals surface area contributed by atoms with E-state index < -0.39 is 0 Å². The van der Waals surface area contributed by atoms with Gasteiger partial charge in [0.05, 0.1) is 0 Å². The summed E-state index contributed by atoms with van der Waals surface area (Å²) in [5.74, 6) is 1.46. The highest BCUT2D eigenvalue weighted by Crippen LogP contribution is 2.40. The zero-order valence-electron chi connectivity index (χ0n) is 9.62. The fraction of sp³-hybridized carbons (Fsp3) is 0.500. The minimum absolute atomic E-state index is 0.177. The molecule has 1 fully saturated rings. The van der Waals surface area contributed by atoms with Gasteiger partial charge in [0, 0.05) is 18.7 Å². The topological polar surface area (TPSA) is 29.1 Å². The lowest BCUT2D eigenvalue weighted by molar-refractivity contribution is 0.101. The Morgan fingerprint density at radius 3 is 2.56 bits per heavy atom. The molecule has 0 saturated carbocycles. The second-order valence-corrected chi connectivity index (χ2v) is 5.03. The smallest absolute Gasteiger partial charge is 0.159 e. The highest BCUT2D eigenvalue weighted by Gasteiger charge is 2.30. The minimum atomic E-state index is 0.177. The highest BCUT2D eigenvalue weighted by molar-refractivity contribution is 5.94. The lowest BCUT2D eigenvalue weighted by Crippen LogP contribution is -2.18. The highest BCUT2D eigenvalue weighted by atomic mass is 16.1. The molecule has 1 N–H and O–H groups in total. The van der Waals surface area contributed by atoms with E-state index in [4.69, 9.17) is 0 Å². The van der Waals surface area contributed by atoms with Crippen LogP contribution < -0.4 is 5.32 Å². The molecule has 1 aromatic carbocycles. The van der Waals surface area contributed by atoms with Crippen molar-refractivity contribution < 1.29 is 4.79 Å². The third-order valence-corrected chi connectivity index (χ3v) is 4.02. The van der Waals surface area contributed by atoms with Gasteiger partial charge in [-0.25, -0.2) is 0 Å². The molecule has 2 unspecified atom stereocenters. The first kappa shape index (κ1) is 10.0. The molecule has 2 nitrogen and oxygen atoms in total. The van der Waals surface area contributed by atoms with E-state index in [1.807, 2.05) is 6.07 Å². The normalized spacial score (nSPS) is 27.3. The van der Waals surface area contributed by atoms with Gasteiger partial charge in [-0.1, -0.05) is 12.1 Å². The van der Waals surface area contributed by atoms with Crippen LogP contribution >= 0.6 is 0 Å². The molecule has 0 aromatic heterocycles. The van der Waals surface area contributed by atoms with Gasteiger partial charge in [-0.2, -0.15) is 0 Å². The summed E-state index contributed by atoms with van der Waals surface area (Å²) >= 11 is 0. The van der Waals surface area contributed by atoms with E-state index in [1.54, 1.807) is 6.92 Å². The summed E-state index contributed by atoms with van der Waals surface area (Å²) in [5, 5.41) is 3.52. The van der Waals surface area contributed by atoms with Crippen LogP contribution in [-0.2, 0) is 0 Å². The van der Waals surface area contributed by atoms with Crippen molar-refractivity contribution >= 4 is 5.78 Å². The molecule has 1 saturated heterocycles. The molecule has 0 amide bonds. The van der Waals surface area contributed by atoms with E-state index in [2.05, 4.69) is 17.4 Å². The van der Waals surface area contributed by atoms with Gasteiger partial charge in [-0.3, -0.25) is 4.79 Å². The van der Waals surface area contributed by atoms with Gasteiger partial charge in [0.2, 0.25) is 0 Å². The van der Waals surface area contributed by atoms with E-state index in [0.29, 0.717) is 11.8 Å². The monoisotopic (exact) mass is 215 g/mol. The molecule has 0 spiro atoms. The van der Waals surface area contributed by atoms with Crippen LogP contribution in [0.25, 0.3) is 0 Å². The summed E-state index contributed by atoms with van der Waals surface area (Å²) in [6.07, 6.45) is 2.57. The molecule has 2 heteroatoms. The van der Waals surface area contributed by atoms with Crippen LogP contribution in [0.2, 0.25) is 0 Å². The van der Waals surface area contributed by atoms with E-state index >= 15 is 0 Å². The van der Waals surface area contributed by atoms with E-state index in [0.717, 1.165) is 18.7 Å². The number of hydrogen-bond donors (Lipinski definition) is 1. The summed E-state index contributed by atoms with van der Waals surface area (Å²) in [5.41, 5.74) is 3.77. The average Bonchev–Trinajstić information content (AvgIpc) is 2.62. The molecule has 0 radical (unpaired) electrons. The van der Waals surface area contributed by atoms with Crippen molar-refractivity contribution in [2.75, 3.05) is 13.1 Å². The van der Waals surface area contributed by atoms with Gasteiger partial charge < -0.3 is 5.32 Å². The van der Waals surface area contributed by atoms with Gasteiger partial charge in [-0.05, 0) is 48.8 Å². The van der Waals surface area contributed by atoms with Crippen LogP contribution in [0.15, 0.2) is 18.2 Å². The van der Waals surface area contributed by atoms with Crippen LogP contribution in [0, 0.1) is 0 Å². The standard InChI is InChI=1S/C14H17NO/c1-9(16)10-4-5-13-11-2-3-12(8-15-7-11)14(13)6-10/h4-6,11-12,15H,2-3,7-8H2,1H3. The molecular weight excluding hydrogens is 198 g/mol. The number of Topliss-reactive ketones (excluding diaryl/α,β-unsaturated/α-hetero) is 1. The van der Waals surface area contributed by atoms with Crippen molar-refractivity contribution in [2.45, 2.75) is 31.6 Å². The second kappa shape index (κ2) is 3.70. The number of ketones is 1. The molecule has 2 aliphatic heterocycles. The fourth-order valence-electron chi connectivity index (χ4n) is 3.09. The third-order valence-electron chi connectivity index (χ3n) is 4.02. The van der Waals surface area contributed by atoms with Crippen LogP contribution in [0.1, 0.15) is 53.1 Å². The summed E-state index contributed by atoms with van der Waals surface area (Å²) < 4.78 is 0. The summed E-state index contributed by atoms with van der Waals surface area (Å²) in [6.45, 7) is 3.82. The zero-order chi connectivity index (χ0) is 11.1. The fourth-order valence-corrected chi connectivity index (χ4v) is 3.09. The molecule has 84 valence electrons. The molecule has 1 aromatic rings. The van der Waals surface area contributed by atoms with Crippen LogP contribution in [0.4, 0.5) is 0 Å². The number of hydrogen-bond acceptors (Lipinski definition) is 2. The number of fused-ring (bicyclic) bond motifs is 3. The molecule has 2 atom stereocenters. The van der Waals surface area contributed by atoms with Crippen molar-refractivity contribution in [3.8, 4) is 0 Å². The molecule has 4 rings (SSSR count). The Bertz CT molecular complexity index is 434. The maximum absolute atomic E-state index is 11.4. The molecule has 3 aliphatic rings. The maximum Gasteiger partial charge on any atom is 0.159 e. The van der Waals surface area contributed by atoms with Crippen molar-refractivity contribution in [2.24, 2.45) is 0 Å². The largest absolute Gasteiger partial charge is 0.316 e. The van der Waals surface area contributed by atoms with Gasteiger partial charge in [0.1, 0.15) is 0 Å². The van der Waals surface area contributed by atoms with Crippen LogP contribution in [0.5, 0.6) is 0 Å². The SMILES string of the molecule is CC(=O)c1ccc2c(c1)C1CCC2CNC1. The number of carbonyl (C=O) groups excluding carboxylic acids is 1. The zero-order valence-corrected chi connectivity index (χ0v) is 9.62. The number of carbonyl (C=O) groups is 1. The maximum atomic E-state index is 11.4. The number of rotatable bonds is 1. The van der Waals surface area contributed by atoms with Crippen molar-refractivity contribution in [1.29, 1.82) is 0 Å². The summed E-state index contributed by atoms with van der Waals surface area (Å²) in [4.78, 5) is 11.4. The number of nitrogens with one attached hydrogen (secondary N) is 1. The molecule has 2 heterocycles. The Morgan fingerprint density at radius 2 is 1.88 bits per heavy atom. The van der Waals surface area contributed by atoms with Crippen LogP contribution in [-0.4, -0.2) is 18.9 Å². The van der Waals surface area contributed by atoms with E-state index in [-0.39, 0.29) is 5.78 Å². The first-order chi connectivity index (χ1) is 7.75. The Kier molecular flexibility index (Phi) is 2.32. The molecule has 1 aliphatic carbocycles. The van der Waals surface area contributed by atoms with Crippen molar-refractivity contribution in [3.05, 3.63) is 34.9 Å². The third kappa shape index (κ3) is 1.49. The second-order valence-electron chi connectivity index (χ2n) is 5.03. The van der Waals surface area contributed by atoms with Gasteiger partial charge in [0.15, 0.2) is 5.78 Å². The Labute approximate surface area is 96.1 Å². The number of benzene rings is 1. The molecule has 16 heavy (non-hydrogen) atoms. The van der Waals surface area contributed by atoms with E-state index in [9.17, 15) is 4.79 Å². The predicted molar refractivity (Wildman–Crippen MR) is 64.0 cm³/mol. The summed E-state index contributed by atoms with van der Waals surface area (Å²) in [6, 6.07) is 6.29. The van der Waals surface area contributed by atoms with E-state index in [1.165, 1.54) is 24.0 Å². The minimum Gasteiger partial charge on any atom is -0.316 e. The lowest BCUT2D eigenvalue weighted by Gasteiger charge is -2.26. The van der Waals surface area contributed by atoms with Gasteiger partial charge in [-0.15, -0.1) is 0 Å². The lowest BCUT2D eigenvalue weighted by atomic mass is 9.77. The predicted octanol–water partition coefficient (Wildman–Crippen LogP) is 2.45. The first-order valence-electron chi connectivity index (χ1n) is 6.11. The van der Waals surface area contributed by atoms with Gasteiger partial charge in [0.25, 0.3) is 0 Å². The first-order valence-corrected chi connectivity index (χ1v) is 6.11.